The van der Waals surface area contributed by atoms with E-state index in [1.807, 2.05) is 84.9 Å². The van der Waals surface area contributed by atoms with E-state index in [0.29, 0.717) is 0 Å². The molecule has 25 heavy (non-hydrogen) atoms. The van der Waals surface area contributed by atoms with E-state index in [0.717, 1.165) is 21.2 Å². The van der Waals surface area contributed by atoms with E-state index in [1.54, 1.807) is 6.21 Å². The lowest BCUT2D eigenvalue weighted by atomic mass is 9.91. The van der Waals surface area contributed by atoms with E-state index in [1.165, 1.54) is 0 Å². The zero-order valence-electron chi connectivity index (χ0n) is 13.5. The number of nitrogens with one attached hydrogen (secondary N) is 1. The van der Waals surface area contributed by atoms with Crippen molar-refractivity contribution in [2.24, 2.45) is 5.10 Å². The van der Waals surface area contributed by atoms with Gasteiger partial charge in [0.25, 0.3) is 5.91 Å². The van der Waals surface area contributed by atoms with Crippen LogP contribution in [0.3, 0.4) is 0 Å². The van der Waals surface area contributed by atoms with Crippen LogP contribution < -0.4 is 5.43 Å². The molecule has 3 rings (SSSR count). The Morgan fingerprint density at radius 3 is 2.04 bits per heavy atom. The molecular formula is C21H17BrN2O. The number of benzene rings is 3. The Morgan fingerprint density at radius 1 is 0.880 bits per heavy atom. The summed E-state index contributed by atoms with van der Waals surface area (Å²) in [4.78, 5) is 12.8. The van der Waals surface area contributed by atoms with Crippen LogP contribution in [0.1, 0.15) is 22.6 Å². The second kappa shape index (κ2) is 8.40. The molecule has 0 aliphatic heterocycles. The standard InChI is InChI=1S/C21H17BrN2O/c22-19-13-7-8-16(14-19)15-23-24-21(25)20(17-9-3-1-4-10-17)18-11-5-2-6-12-18/h1-15,20H,(H,24,25). The van der Waals surface area contributed by atoms with Gasteiger partial charge in [-0.1, -0.05) is 88.7 Å². The highest BCUT2D eigenvalue weighted by Crippen LogP contribution is 2.24. The average molecular weight is 393 g/mol. The summed E-state index contributed by atoms with van der Waals surface area (Å²) < 4.78 is 0.967. The Labute approximate surface area is 155 Å². The lowest BCUT2D eigenvalue weighted by molar-refractivity contribution is -0.121. The van der Waals surface area contributed by atoms with E-state index in [4.69, 9.17) is 0 Å². The molecule has 3 aromatic carbocycles. The number of hydrogen-bond acceptors (Lipinski definition) is 2. The molecule has 0 spiro atoms. The van der Waals surface area contributed by atoms with Gasteiger partial charge in [0, 0.05) is 4.47 Å². The second-order valence-electron chi connectivity index (χ2n) is 5.54. The molecule has 124 valence electrons. The van der Waals surface area contributed by atoms with Gasteiger partial charge in [-0.2, -0.15) is 5.10 Å². The van der Waals surface area contributed by atoms with Crippen molar-refractivity contribution >= 4 is 28.1 Å². The maximum Gasteiger partial charge on any atom is 0.252 e. The summed E-state index contributed by atoms with van der Waals surface area (Å²) in [6.07, 6.45) is 1.63. The molecule has 0 aromatic heterocycles. The van der Waals surface area contributed by atoms with Gasteiger partial charge in [-0.25, -0.2) is 5.43 Å². The first-order valence-corrected chi connectivity index (χ1v) is 8.72. The number of nitrogens with zero attached hydrogens (tertiary/aromatic N) is 1. The van der Waals surface area contributed by atoms with Crippen LogP contribution in [0.2, 0.25) is 0 Å². The zero-order valence-corrected chi connectivity index (χ0v) is 15.1. The highest BCUT2D eigenvalue weighted by atomic mass is 79.9. The SMILES string of the molecule is O=C(NN=Cc1cccc(Br)c1)C(c1ccccc1)c1ccccc1. The summed E-state index contributed by atoms with van der Waals surface area (Å²) in [5.74, 6) is -0.564. The number of hydrogen-bond donors (Lipinski definition) is 1. The molecule has 0 saturated heterocycles. The van der Waals surface area contributed by atoms with Crippen molar-refractivity contribution < 1.29 is 4.79 Å². The molecule has 1 N–H and O–H groups in total. The van der Waals surface area contributed by atoms with Crippen LogP contribution in [0.5, 0.6) is 0 Å². The van der Waals surface area contributed by atoms with Gasteiger partial charge >= 0.3 is 0 Å². The Morgan fingerprint density at radius 2 is 1.48 bits per heavy atom. The number of rotatable bonds is 5. The third kappa shape index (κ3) is 4.64. The number of amides is 1. The minimum Gasteiger partial charge on any atom is -0.272 e. The van der Waals surface area contributed by atoms with Gasteiger partial charge in [0.2, 0.25) is 0 Å². The molecule has 0 atom stereocenters. The molecule has 4 heteroatoms. The maximum absolute atomic E-state index is 12.8. The van der Waals surface area contributed by atoms with Crippen molar-refractivity contribution in [1.82, 2.24) is 5.43 Å². The lowest BCUT2D eigenvalue weighted by Gasteiger charge is -2.16. The van der Waals surface area contributed by atoms with Gasteiger partial charge < -0.3 is 0 Å². The number of carbonyl (C=O) groups is 1. The van der Waals surface area contributed by atoms with Gasteiger partial charge in [-0.15, -0.1) is 0 Å². The number of hydrazone groups is 1. The van der Waals surface area contributed by atoms with Gasteiger partial charge in [-0.3, -0.25) is 4.79 Å². The average Bonchev–Trinajstić information content (AvgIpc) is 2.64. The molecule has 1 amide bonds. The molecule has 0 fully saturated rings. The van der Waals surface area contributed by atoms with Crippen molar-refractivity contribution in [2.75, 3.05) is 0 Å². The monoisotopic (exact) mass is 392 g/mol. The van der Waals surface area contributed by atoms with Crippen LogP contribution >= 0.6 is 15.9 Å². The topological polar surface area (TPSA) is 41.5 Å². The summed E-state index contributed by atoms with van der Waals surface area (Å²) in [6.45, 7) is 0. The van der Waals surface area contributed by atoms with Gasteiger partial charge in [0.15, 0.2) is 0 Å². The molecular weight excluding hydrogens is 376 g/mol. The van der Waals surface area contributed by atoms with Crippen LogP contribution in [0, 0.1) is 0 Å². The molecule has 0 aliphatic rings. The van der Waals surface area contributed by atoms with Crippen LogP contribution in [-0.2, 0) is 4.79 Å². The van der Waals surface area contributed by atoms with E-state index < -0.39 is 5.92 Å². The summed E-state index contributed by atoms with van der Waals surface area (Å²) in [6, 6.07) is 27.1. The molecule has 0 bridgehead atoms. The smallest absolute Gasteiger partial charge is 0.252 e. The molecule has 0 radical (unpaired) electrons. The van der Waals surface area contributed by atoms with Crippen LogP contribution in [-0.4, -0.2) is 12.1 Å². The predicted octanol–water partition coefficient (Wildman–Crippen LogP) is 4.73. The number of carbonyl (C=O) groups excluding carboxylic acids is 1. The fourth-order valence-corrected chi connectivity index (χ4v) is 3.02. The molecule has 0 aliphatic carbocycles. The summed E-state index contributed by atoms with van der Waals surface area (Å²) in [5, 5.41) is 4.11. The highest BCUT2D eigenvalue weighted by Gasteiger charge is 2.22. The maximum atomic E-state index is 12.8. The third-order valence-corrected chi connectivity index (χ3v) is 4.26. The van der Waals surface area contributed by atoms with Crippen molar-refractivity contribution in [3.63, 3.8) is 0 Å². The first-order chi connectivity index (χ1) is 12.2. The van der Waals surface area contributed by atoms with Crippen molar-refractivity contribution in [3.8, 4) is 0 Å². The largest absolute Gasteiger partial charge is 0.272 e. The van der Waals surface area contributed by atoms with Gasteiger partial charge in [-0.05, 0) is 28.8 Å². The van der Waals surface area contributed by atoms with Crippen molar-refractivity contribution in [2.45, 2.75) is 5.92 Å². The van der Waals surface area contributed by atoms with Crippen molar-refractivity contribution in [3.05, 3.63) is 106 Å². The van der Waals surface area contributed by atoms with E-state index in [2.05, 4.69) is 26.5 Å². The summed E-state index contributed by atoms with van der Waals surface area (Å²) in [7, 11) is 0. The fourth-order valence-electron chi connectivity index (χ4n) is 2.61. The summed E-state index contributed by atoms with van der Waals surface area (Å²) >= 11 is 3.42. The van der Waals surface area contributed by atoms with Crippen LogP contribution in [0.25, 0.3) is 0 Å². The van der Waals surface area contributed by atoms with E-state index >= 15 is 0 Å². The lowest BCUT2D eigenvalue weighted by Crippen LogP contribution is -2.26. The van der Waals surface area contributed by atoms with Gasteiger partial charge in [0.1, 0.15) is 0 Å². The molecule has 3 aromatic rings. The van der Waals surface area contributed by atoms with Crippen LogP contribution in [0.15, 0.2) is 94.5 Å². The Bertz CT molecular complexity index is 824. The first-order valence-electron chi connectivity index (χ1n) is 7.92. The normalized spacial score (nSPS) is 11.0. The predicted molar refractivity (Wildman–Crippen MR) is 105 cm³/mol. The quantitative estimate of drug-likeness (QED) is 0.494. The molecule has 0 unspecified atom stereocenters. The third-order valence-electron chi connectivity index (χ3n) is 3.77. The Kier molecular flexibility index (Phi) is 5.75. The Balaban J connectivity index is 1.80. The first kappa shape index (κ1) is 17.1. The van der Waals surface area contributed by atoms with Gasteiger partial charge in [0.05, 0.1) is 12.1 Å². The molecule has 3 nitrogen and oxygen atoms in total. The molecule has 0 heterocycles. The zero-order chi connectivity index (χ0) is 17.5. The molecule has 0 saturated carbocycles. The van der Waals surface area contributed by atoms with Crippen molar-refractivity contribution in [1.29, 1.82) is 0 Å². The number of halogens is 1. The van der Waals surface area contributed by atoms with E-state index in [9.17, 15) is 4.79 Å². The fraction of sp³-hybridized carbons (Fsp3) is 0.0476. The Hall–Kier alpha value is -2.72. The highest BCUT2D eigenvalue weighted by molar-refractivity contribution is 9.10. The minimum atomic E-state index is -0.401. The van der Waals surface area contributed by atoms with E-state index in [-0.39, 0.29) is 5.91 Å². The summed E-state index contributed by atoms with van der Waals surface area (Å²) in [5.41, 5.74) is 5.44. The van der Waals surface area contributed by atoms with Crippen LogP contribution in [0.4, 0.5) is 0 Å². The second-order valence-corrected chi connectivity index (χ2v) is 6.46. The minimum absolute atomic E-state index is 0.163.